The SMILES string of the molecule is CCc1cc2c(cc1Cc1nc3c(n1CCNS(=O)O)NC(F)N=C3C)CCC2. The maximum atomic E-state index is 14.0. The number of nitrogens with one attached hydrogen (secondary N) is 2. The molecule has 2 aromatic rings. The lowest BCUT2D eigenvalue weighted by Gasteiger charge is -2.19. The molecule has 2 aliphatic rings. The zero-order valence-corrected chi connectivity index (χ0v) is 17.5. The second kappa shape index (κ2) is 8.33. The van der Waals surface area contributed by atoms with Crippen molar-refractivity contribution < 1.29 is 13.2 Å². The first-order valence-corrected chi connectivity index (χ1v) is 11.1. The van der Waals surface area contributed by atoms with E-state index in [9.17, 15) is 8.60 Å². The van der Waals surface area contributed by atoms with Crippen LogP contribution in [0.3, 0.4) is 0 Å². The molecule has 3 N–H and O–H groups in total. The Morgan fingerprint density at radius 2 is 2.07 bits per heavy atom. The summed E-state index contributed by atoms with van der Waals surface area (Å²) in [4.78, 5) is 8.70. The van der Waals surface area contributed by atoms with Gasteiger partial charge in [0, 0.05) is 19.5 Å². The standard InChI is InChI=1S/C20H26FN5O2S/c1-3-13-9-14-5-4-6-15(14)10-16(13)11-17-24-18-12(2)23-20(21)25-19(18)26(17)8-7-22-29(27)28/h9-10,20,22,25H,3-8,11H2,1-2H3,(H,27,28). The van der Waals surface area contributed by atoms with Crippen LogP contribution >= 0.6 is 0 Å². The monoisotopic (exact) mass is 419 g/mol. The predicted octanol–water partition coefficient (Wildman–Crippen LogP) is 2.74. The fourth-order valence-corrected chi connectivity index (χ4v) is 4.55. The molecule has 1 aliphatic carbocycles. The molecule has 2 unspecified atom stereocenters. The van der Waals surface area contributed by atoms with E-state index >= 15 is 0 Å². The number of fused-ring (bicyclic) bond motifs is 2. The van der Waals surface area contributed by atoms with Crippen molar-refractivity contribution in [2.75, 3.05) is 11.9 Å². The number of alkyl halides is 1. The Morgan fingerprint density at radius 3 is 2.76 bits per heavy atom. The summed E-state index contributed by atoms with van der Waals surface area (Å²) < 4.78 is 38.4. The van der Waals surface area contributed by atoms with E-state index in [2.05, 4.69) is 34.1 Å². The summed E-state index contributed by atoms with van der Waals surface area (Å²) in [7, 11) is 0. The second-order valence-electron chi connectivity index (χ2n) is 7.49. The molecule has 0 fully saturated rings. The molecule has 29 heavy (non-hydrogen) atoms. The Morgan fingerprint density at radius 1 is 1.34 bits per heavy atom. The van der Waals surface area contributed by atoms with Crippen LogP contribution in [-0.2, 0) is 43.5 Å². The number of aromatic nitrogens is 2. The number of imidazole rings is 1. The van der Waals surface area contributed by atoms with Crippen molar-refractivity contribution in [2.24, 2.45) is 4.99 Å². The molecule has 2 atom stereocenters. The topological polar surface area (TPSA) is 91.5 Å². The lowest BCUT2D eigenvalue weighted by atomic mass is 9.96. The quantitative estimate of drug-likeness (QED) is 0.475. The number of aliphatic imine (C=N–C) groups is 1. The average molecular weight is 420 g/mol. The van der Waals surface area contributed by atoms with Crippen molar-refractivity contribution in [1.29, 1.82) is 0 Å². The number of halogens is 1. The van der Waals surface area contributed by atoms with Crippen LogP contribution in [0, 0.1) is 0 Å². The van der Waals surface area contributed by atoms with Gasteiger partial charge in [0.25, 0.3) is 6.42 Å². The smallest absolute Gasteiger partial charge is 0.265 e. The maximum absolute atomic E-state index is 14.0. The third-order valence-electron chi connectivity index (χ3n) is 5.66. The highest BCUT2D eigenvalue weighted by Crippen LogP contribution is 2.30. The maximum Gasteiger partial charge on any atom is 0.265 e. The molecule has 2 heterocycles. The molecule has 1 aromatic carbocycles. The van der Waals surface area contributed by atoms with Gasteiger partial charge in [-0.05, 0) is 54.9 Å². The molecule has 156 valence electrons. The van der Waals surface area contributed by atoms with E-state index in [1.807, 2.05) is 4.57 Å². The van der Waals surface area contributed by atoms with Gasteiger partial charge in [0.1, 0.15) is 17.3 Å². The first-order valence-electron chi connectivity index (χ1n) is 9.99. The van der Waals surface area contributed by atoms with Gasteiger partial charge in [0.2, 0.25) is 11.3 Å². The minimum Gasteiger partial charge on any atom is -0.322 e. The minimum atomic E-state index is -2.09. The van der Waals surface area contributed by atoms with Crippen molar-refractivity contribution >= 4 is 22.8 Å². The van der Waals surface area contributed by atoms with Crippen LogP contribution in [-0.4, -0.2) is 37.0 Å². The Hall–Kier alpha value is -2.10. The van der Waals surface area contributed by atoms with Gasteiger partial charge < -0.3 is 9.88 Å². The van der Waals surface area contributed by atoms with E-state index in [1.54, 1.807) is 6.92 Å². The Balaban J connectivity index is 1.71. The first-order chi connectivity index (χ1) is 14.0. The Kier molecular flexibility index (Phi) is 5.80. The van der Waals surface area contributed by atoms with Crippen LogP contribution < -0.4 is 10.0 Å². The van der Waals surface area contributed by atoms with Gasteiger partial charge in [0.15, 0.2) is 0 Å². The molecule has 9 heteroatoms. The first kappa shape index (κ1) is 20.2. The molecule has 0 radical (unpaired) electrons. The molecule has 0 spiro atoms. The van der Waals surface area contributed by atoms with E-state index in [0.717, 1.165) is 25.1 Å². The summed E-state index contributed by atoms with van der Waals surface area (Å²) in [5.74, 6) is 1.37. The third-order valence-corrected chi connectivity index (χ3v) is 6.11. The fraction of sp³-hybridized carbons (Fsp3) is 0.500. The highest BCUT2D eigenvalue weighted by molar-refractivity contribution is 7.77. The minimum absolute atomic E-state index is 0.262. The summed E-state index contributed by atoms with van der Waals surface area (Å²) in [5, 5.41) is 2.75. The largest absolute Gasteiger partial charge is 0.322 e. The molecule has 0 saturated heterocycles. The average Bonchev–Trinajstić information content (AvgIpc) is 3.26. The summed E-state index contributed by atoms with van der Waals surface area (Å²) in [6, 6.07) is 4.62. The van der Waals surface area contributed by atoms with Crippen molar-refractivity contribution in [3.8, 4) is 0 Å². The van der Waals surface area contributed by atoms with Gasteiger partial charge in [-0.2, -0.15) is 4.39 Å². The molecule has 7 nitrogen and oxygen atoms in total. The zero-order valence-electron chi connectivity index (χ0n) is 16.7. The summed E-state index contributed by atoms with van der Waals surface area (Å²) in [6.07, 6.45) is 3.51. The zero-order chi connectivity index (χ0) is 20.5. The van der Waals surface area contributed by atoms with Gasteiger partial charge in [-0.1, -0.05) is 19.1 Å². The van der Waals surface area contributed by atoms with Crippen molar-refractivity contribution in [3.05, 3.63) is 45.9 Å². The van der Waals surface area contributed by atoms with Crippen LogP contribution in [0.1, 0.15) is 54.0 Å². The fourth-order valence-electron chi connectivity index (χ4n) is 4.28. The number of hydrogen-bond acceptors (Lipinski definition) is 4. The van der Waals surface area contributed by atoms with Gasteiger partial charge in [-0.15, -0.1) is 0 Å². The summed E-state index contributed by atoms with van der Waals surface area (Å²) in [5.41, 5.74) is 6.61. The normalized spacial score (nSPS) is 18.8. The van der Waals surface area contributed by atoms with Crippen molar-refractivity contribution in [1.82, 2.24) is 14.3 Å². The number of nitrogens with zero attached hydrogens (tertiary/aromatic N) is 3. The van der Waals surface area contributed by atoms with E-state index < -0.39 is 17.7 Å². The van der Waals surface area contributed by atoms with Crippen LogP contribution in [0.4, 0.5) is 10.2 Å². The molecule has 0 amide bonds. The summed E-state index contributed by atoms with van der Waals surface area (Å²) in [6.45, 7) is 4.56. The molecule has 4 rings (SSSR count). The van der Waals surface area contributed by atoms with Gasteiger partial charge in [-0.3, -0.25) is 4.55 Å². The lowest BCUT2D eigenvalue weighted by Crippen LogP contribution is -2.26. The van der Waals surface area contributed by atoms with Crippen LogP contribution in [0.2, 0.25) is 0 Å². The van der Waals surface area contributed by atoms with Crippen molar-refractivity contribution in [2.45, 2.75) is 58.9 Å². The Bertz CT molecular complexity index is 988. The van der Waals surface area contributed by atoms with E-state index in [-0.39, 0.29) is 6.54 Å². The number of benzene rings is 1. The van der Waals surface area contributed by atoms with Crippen LogP contribution in [0.25, 0.3) is 0 Å². The highest BCUT2D eigenvalue weighted by atomic mass is 32.2. The third kappa shape index (κ3) is 4.12. The van der Waals surface area contributed by atoms with E-state index in [0.29, 0.717) is 30.2 Å². The van der Waals surface area contributed by atoms with E-state index in [1.165, 1.54) is 28.7 Å². The van der Waals surface area contributed by atoms with Crippen LogP contribution in [0.15, 0.2) is 17.1 Å². The number of rotatable bonds is 7. The molecule has 0 saturated carbocycles. The predicted molar refractivity (Wildman–Crippen MR) is 112 cm³/mol. The van der Waals surface area contributed by atoms with Crippen molar-refractivity contribution in [3.63, 3.8) is 0 Å². The molecular weight excluding hydrogens is 393 g/mol. The van der Waals surface area contributed by atoms with Crippen LogP contribution in [0.5, 0.6) is 0 Å². The molecule has 1 aromatic heterocycles. The molecular formula is C20H26FN5O2S. The lowest BCUT2D eigenvalue weighted by molar-refractivity contribution is 0.382. The second-order valence-corrected chi connectivity index (χ2v) is 8.28. The van der Waals surface area contributed by atoms with Gasteiger partial charge >= 0.3 is 0 Å². The van der Waals surface area contributed by atoms with Gasteiger partial charge in [0.05, 0.1) is 5.71 Å². The summed E-state index contributed by atoms with van der Waals surface area (Å²) >= 11 is -2.09. The number of anilines is 1. The highest BCUT2D eigenvalue weighted by Gasteiger charge is 2.26. The molecule has 1 aliphatic heterocycles. The van der Waals surface area contributed by atoms with E-state index in [4.69, 9.17) is 9.54 Å². The van der Waals surface area contributed by atoms with Gasteiger partial charge in [-0.25, -0.2) is 18.9 Å². The number of hydrogen-bond donors (Lipinski definition) is 3. The Labute approximate surface area is 172 Å². The molecule has 0 bridgehead atoms. The number of aryl methyl sites for hydroxylation is 3.